The monoisotopic (exact) mass is 417 g/mol. The molecule has 1 aromatic carbocycles. The molecule has 1 unspecified atom stereocenters. The first-order valence-electron chi connectivity index (χ1n) is 8.98. The van der Waals surface area contributed by atoms with Gasteiger partial charge in [0, 0.05) is 39.3 Å². The number of halogens is 1. The highest BCUT2D eigenvalue weighted by Crippen LogP contribution is 2.27. The fraction of sp³-hybridized carbons (Fsp3) is 0.588. The van der Waals surface area contributed by atoms with Crippen molar-refractivity contribution in [2.45, 2.75) is 6.04 Å². The first kappa shape index (κ1) is 20.9. The van der Waals surface area contributed by atoms with Crippen LogP contribution in [0, 0.1) is 5.82 Å². The number of carboxylic acid groups (broad SMARTS) is 1. The molecule has 156 valence electrons. The lowest BCUT2D eigenvalue weighted by molar-refractivity contribution is -0.144. The van der Waals surface area contributed by atoms with Gasteiger partial charge in [-0.2, -0.15) is 17.0 Å². The van der Waals surface area contributed by atoms with Gasteiger partial charge in [0.2, 0.25) is 0 Å². The third kappa shape index (κ3) is 4.28. The number of rotatable bonds is 6. The summed E-state index contributed by atoms with van der Waals surface area (Å²) in [5, 5.41) is 9.68. The predicted molar refractivity (Wildman–Crippen MR) is 97.8 cm³/mol. The number of hydrogen-bond acceptors (Lipinski definition) is 6. The van der Waals surface area contributed by atoms with Gasteiger partial charge in [0.15, 0.2) is 11.6 Å². The number of ether oxygens (including phenoxy) is 2. The van der Waals surface area contributed by atoms with E-state index in [1.807, 2.05) is 0 Å². The average molecular weight is 417 g/mol. The molecule has 9 nitrogen and oxygen atoms in total. The van der Waals surface area contributed by atoms with E-state index in [4.69, 9.17) is 9.47 Å². The topological polar surface area (TPSA) is 99.6 Å². The summed E-state index contributed by atoms with van der Waals surface area (Å²) in [4.78, 5) is 13.5. The number of methoxy groups -OCH3 is 1. The van der Waals surface area contributed by atoms with Crippen molar-refractivity contribution < 1.29 is 32.2 Å². The minimum atomic E-state index is -3.60. The third-order valence-corrected chi connectivity index (χ3v) is 7.02. The van der Waals surface area contributed by atoms with Crippen LogP contribution in [-0.2, 0) is 19.7 Å². The first-order chi connectivity index (χ1) is 13.3. The van der Waals surface area contributed by atoms with Crippen molar-refractivity contribution >= 4 is 16.2 Å². The molecule has 1 N–H and O–H groups in total. The van der Waals surface area contributed by atoms with Gasteiger partial charge >= 0.3 is 5.97 Å². The molecule has 2 fully saturated rings. The molecule has 2 heterocycles. The van der Waals surface area contributed by atoms with E-state index < -0.39 is 28.0 Å². The van der Waals surface area contributed by atoms with Crippen molar-refractivity contribution in [2.24, 2.45) is 0 Å². The summed E-state index contributed by atoms with van der Waals surface area (Å²) < 4.78 is 52.3. The highest BCUT2D eigenvalue weighted by molar-refractivity contribution is 7.86. The van der Waals surface area contributed by atoms with Crippen molar-refractivity contribution in [1.29, 1.82) is 0 Å². The highest BCUT2D eigenvalue weighted by atomic mass is 32.2. The van der Waals surface area contributed by atoms with E-state index in [9.17, 15) is 22.7 Å². The summed E-state index contributed by atoms with van der Waals surface area (Å²) in [7, 11) is -2.26. The van der Waals surface area contributed by atoms with Gasteiger partial charge in [-0.3, -0.25) is 9.69 Å². The Morgan fingerprint density at radius 2 is 1.75 bits per heavy atom. The van der Waals surface area contributed by atoms with Gasteiger partial charge in [-0.25, -0.2) is 4.39 Å². The van der Waals surface area contributed by atoms with Crippen molar-refractivity contribution in [3.63, 3.8) is 0 Å². The van der Waals surface area contributed by atoms with Crippen LogP contribution >= 0.6 is 0 Å². The zero-order valence-electron chi connectivity index (χ0n) is 15.6. The molecule has 0 amide bonds. The number of benzene rings is 1. The molecule has 0 aliphatic carbocycles. The molecule has 0 saturated carbocycles. The Morgan fingerprint density at radius 3 is 2.29 bits per heavy atom. The zero-order valence-corrected chi connectivity index (χ0v) is 16.4. The Kier molecular flexibility index (Phi) is 6.50. The molecule has 0 radical (unpaired) electrons. The predicted octanol–water partition coefficient (Wildman–Crippen LogP) is 0.155. The van der Waals surface area contributed by atoms with Crippen LogP contribution < -0.4 is 4.74 Å². The molecule has 0 aromatic heterocycles. The Hall–Kier alpha value is -1.79. The molecule has 2 aliphatic rings. The molecular formula is C17H24FN3O6S. The van der Waals surface area contributed by atoms with Crippen LogP contribution in [0.5, 0.6) is 5.75 Å². The highest BCUT2D eigenvalue weighted by Gasteiger charge is 2.37. The minimum Gasteiger partial charge on any atom is -0.494 e. The average Bonchev–Trinajstić information content (AvgIpc) is 2.69. The molecule has 0 bridgehead atoms. The van der Waals surface area contributed by atoms with Crippen molar-refractivity contribution in [3.8, 4) is 5.75 Å². The van der Waals surface area contributed by atoms with Crippen LogP contribution in [0.15, 0.2) is 18.2 Å². The number of carbonyl (C=O) groups is 1. The smallest absolute Gasteiger partial charge is 0.325 e. The van der Waals surface area contributed by atoms with Gasteiger partial charge in [0.1, 0.15) is 6.04 Å². The van der Waals surface area contributed by atoms with Crippen LogP contribution in [0.1, 0.15) is 11.6 Å². The summed E-state index contributed by atoms with van der Waals surface area (Å²) in [6.45, 7) is 2.15. The zero-order chi connectivity index (χ0) is 20.3. The first-order valence-corrected chi connectivity index (χ1v) is 10.4. The van der Waals surface area contributed by atoms with Gasteiger partial charge in [-0.1, -0.05) is 6.07 Å². The van der Waals surface area contributed by atoms with Crippen molar-refractivity contribution in [2.75, 3.05) is 59.6 Å². The summed E-state index contributed by atoms with van der Waals surface area (Å²) in [6.07, 6.45) is 0. The Bertz CT molecular complexity index is 807. The van der Waals surface area contributed by atoms with Gasteiger partial charge in [0.25, 0.3) is 10.2 Å². The fourth-order valence-electron chi connectivity index (χ4n) is 3.50. The number of morpholine rings is 1. The quantitative estimate of drug-likeness (QED) is 0.704. The summed E-state index contributed by atoms with van der Waals surface area (Å²) in [5.74, 6) is -1.72. The van der Waals surface area contributed by atoms with Crippen LogP contribution in [0.2, 0.25) is 0 Å². The lowest BCUT2D eigenvalue weighted by Crippen LogP contribution is -2.55. The maximum absolute atomic E-state index is 14.0. The lowest BCUT2D eigenvalue weighted by atomic mass is 10.0. The van der Waals surface area contributed by atoms with Crippen LogP contribution in [0.4, 0.5) is 4.39 Å². The van der Waals surface area contributed by atoms with Gasteiger partial charge in [-0.05, 0) is 17.7 Å². The molecule has 0 spiro atoms. The van der Waals surface area contributed by atoms with E-state index >= 15 is 0 Å². The van der Waals surface area contributed by atoms with E-state index in [-0.39, 0.29) is 37.5 Å². The van der Waals surface area contributed by atoms with Crippen molar-refractivity contribution in [3.05, 3.63) is 29.6 Å². The maximum Gasteiger partial charge on any atom is 0.325 e. The number of hydrogen-bond donors (Lipinski definition) is 1. The minimum absolute atomic E-state index is 0.0364. The third-order valence-electron chi connectivity index (χ3n) is 4.99. The van der Waals surface area contributed by atoms with E-state index in [0.717, 1.165) is 6.07 Å². The second-order valence-electron chi connectivity index (χ2n) is 6.59. The molecule has 28 heavy (non-hydrogen) atoms. The number of nitrogens with zero attached hydrogens (tertiary/aromatic N) is 3. The van der Waals surface area contributed by atoms with Crippen LogP contribution in [-0.4, -0.2) is 92.6 Å². The summed E-state index contributed by atoms with van der Waals surface area (Å²) >= 11 is 0. The van der Waals surface area contributed by atoms with Crippen molar-refractivity contribution in [1.82, 2.24) is 13.5 Å². The van der Waals surface area contributed by atoms with Crippen LogP contribution in [0.3, 0.4) is 0 Å². The molecule has 2 saturated heterocycles. The SMILES string of the molecule is COc1ccc(C(C(=O)O)N2CCN(S(=O)(=O)N3CCOCC3)CC2)cc1F. The summed E-state index contributed by atoms with van der Waals surface area (Å²) in [5.41, 5.74) is 0.287. The van der Waals surface area contributed by atoms with E-state index in [2.05, 4.69) is 0 Å². The van der Waals surface area contributed by atoms with E-state index in [1.165, 1.54) is 27.9 Å². The van der Waals surface area contributed by atoms with E-state index in [1.54, 1.807) is 4.90 Å². The largest absolute Gasteiger partial charge is 0.494 e. The molecular weight excluding hydrogens is 393 g/mol. The second kappa shape index (κ2) is 8.70. The fourth-order valence-corrected chi connectivity index (χ4v) is 5.06. The molecule has 1 aromatic rings. The Balaban J connectivity index is 1.71. The van der Waals surface area contributed by atoms with Gasteiger partial charge in [0.05, 0.1) is 20.3 Å². The summed E-state index contributed by atoms with van der Waals surface area (Å²) in [6, 6.07) is 2.99. The van der Waals surface area contributed by atoms with Crippen LogP contribution in [0.25, 0.3) is 0 Å². The van der Waals surface area contributed by atoms with E-state index in [0.29, 0.717) is 26.3 Å². The molecule has 11 heteroatoms. The van der Waals surface area contributed by atoms with Gasteiger partial charge in [-0.15, -0.1) is 0 Å². The number of piperazine rings is 1. The number of aliphatic carboxylic acids is 1. The Morgan fingerprint density at radius 1 is 1.14 bits per heavy atom. The Labute approximate surface area is 163 Å². The molecule has 2 aliphatic heterocycles. The molecule has 1 atom stereocenters. The maximum atomic E-state index is 14.0. The second-order valence-corrected chi connectivity index (χ2v) is 8.52. The lowest BCUT2D eigenvalue weighted by Gasteiger charge is -2.39. The number of carboxylic acids is 1. The normalized spacial score (nSPS) is 21.4. The molecule has 3 rings (SSSR count). The standard InChI is InChI=1S/C17H24FN3O6S/c1-26-15-3-2-13(12-14(15)18)16(17(22)23)19-4-6-20(7-5-19)28(24,25)21-8-10-27-11-9-21/h2-3,12,16H,4-11H2,1H3,(H,22,23). The van der Waals surface area contributed by atoms with Gasteiger partial charge < -0.3 is 14.6 Å².